The molecular weight excluding hydrogens is 344 g/mol. The van der Waals surface area contributed by atoms with Crippen LogP contribution in [0, 0.1) is 11.8 Å². The second-order valence-corrected chi connectivity index (χ2v) is 9.44. The number of hydrogen-bond acceptors (Lipinski definition) is 3. The summed E-state index contributed by atoms with van der Waals surface area (Å²) >= 11 is 2.21. The zero-order valence-corrected chi connectivity index (χ0v) is 17.4. The highest BCUT2D eigenvalue weighted by atomic mass is 32.2. The van der Waals surface area contributed by atoms with Crippen LogP contribution in [0.5, 0.6) is 0 Å². The Balaban J connectivity index is 1.60. The average Bonchev–Trinajstić information content (AvgIpc) is 3.22. The molecule has 150 valence electrons. The maximum absolute atomic E-state index is 10.5. The molecule has 4 heteroatoms. The molecule has 0 aromatic carbocycles. The van der Waals surface area contributed by atoms with Gasteiger partial charge in [-0.3, -0.25) is 4.79 Å². The maximum atomic E-state index is 10.5. The summed E-state index contributed by atoms with van der Waals surface area (Å²) in [5.74, 6) is 0.798. The molecule has 0 aromatic heterocycles. The fourth-order valence-corrected chi connectivity index (χ4v) is 6.36. The molecule has 2 bridgehead atoms. The van der Waals surface area contributed by atoms with Crippen molar-refractivity contribution in [2.45, 2.75) is 94.5 Å². The first kappa shape index (κ1) is 21.8. The molecule has 2 aliphatic rings. The summed E-state index contributed by atoms with van der Waals surface area (Å²) < 4.78 is 6.08. The van der Waals surface area contributed by atoms with Crippen molar-refractivity contribution in [2.75, 3.05) is 13.2 Å². The molecule has 0 saturated carbocycles. The number of carbonyl (C=O) groups is 1. The normalized spacial score (nSPS) is 27.6. The Morgan fingerprint density at radius 1 is 1.04 bits per heavy atom. The van der Waals surface area contributed by atoms with Crippen molar-refractivity contribution in [2.24, 2.45) is 11.8 Å². The lowest BCUT2D eigenvalue weighted by molar-refractivity contribution is -0.137. The molecule has 0 spiro atoms. The first-order chi connectivity index (χ1) is 12.7. The van der Waals surface area contributed by atoms with Crippen LogP contribution in [0.25, 0.3) is 0 Å². The molecule has 1 N–H and O–H groups in total. The van der Waals surface area contributed by atoms with Crippen LogP contribution in [0.15, 0.2) is 12.2 Å². The zero-order valence-electron chi connectivity index (χ0n) is 16.5. The standard InChI is InChI=1S/C22H38O3S/c1-2-3-4-5-8-11-16-25-17-19-18(20-14-15-21(19)26-20)12-9-6-7-10-13-22(23)24/h6,9,18-21H,2-5,7-8,10-17H2,1H3,(H,23,24)/b9-6-/t18-,19+,20?,21+/m1/s1. The first-order valence-corrected chi connectivity index (χ1v) is 11.8. The van der Waals surface area contributed by atoms with Gasteiger partial charge < -0.3 is 9.84 Å². The van der Waals surface area contributed by atoms with E-state index in [0.717, 1.165) is 54.8 Å². The number of fused-ring (bicyclic) bond motifs is 2. The molecule has 3 nitrogen and oxygen atoms in total. The van der Waals surface area contributed by atoms with E-state index in [9.17, 15) is 4.79 Å². The Hall–Kier alpha value is -0.480. The fourth-order valence-electron chi connectivity index (χ4n) is 4.37. The van der Waals surface area contributed by atoms with Crippen LogP contribution >= 0.6 is 11.8 Å². The fraction of sp³-hybridized carbons (Fsp3) is 0.864. The van der Waals surface area contributed by atoms with Crippen LogP contribution in [0.4, 0.5) is 0 Å². The van der Waals surface area contributed by atoms with Crippen molar-refractivity contribution in [3.8, 4) is 0 Å². The minimum atomic E-state index is -0.689. The van der Waals surface area contributed by atoms with Crippen molar-refractivity contribution in [3.63, 3.8) is 0 Å². The van der Waals surface area contributed by atoms with Crippen molar-refractivity contribution in [1.29, 1.82) is 0 Å². The lowest BCUT2D eigenvalue weighted by atomic mass is 9.78. The largest absolute Gasteiger partial charge is 0.481 e. The lowest BCUT2D eigenvalue weighted by Gasteiger charge is -2.29. The minimum absolute atomic E-state index is 0.281. The summed E-state index contributed by atoms with van der Waals surface area (Å²) in [5.41, 5.74) is 0. The van der Waals surface area contributed by atoms with Gasteiger partial charge in [0, 0.05) is 23.5 Å². The van der Waals surface area contributed by atoms with Gasteiger partial charge >= 0.3 is 5.97 Å². The quantitative estimate of drug-likeness (QED) is 0.275. The monoisotopic (exact) mass is 382 g/mol. The summed E-state index contributed by atoms with van der Waals surface area (Å²) in [6, 6.07) is 0. The van der Waals surface area contributed by atoms with E-state index in [0.29, 0.717) is 0 Å². The SMILES string of the molecule is CCCCCCCCOC[C@@H]1[C@@H]2CCC(S2)[C@@H]1C/C=C\CCCC(=O)O. The number of thioether (sulfide) groups is 1. The smallest absolute Gasteiger partial charge is 0.303 e. The molecule has 2 fully saturated rings. The van der Waals surface area contributed by atoms with E-state index in [1.165, 1.54) is 51.4 Å². The Morgan fingerprint density at radius 3 is 2.54 bits per heavy atom. The summed E-state index contributed by atoms with van der Waals surface area (Å²) in [6.07, 6.45) is 18.2. The molecule has 0 aliphatic carbocycles. The number of hydrogen-bond donors (Lipinski definition) is 1. The van der Waals surface area contributed by atoms with Gasteiger partial charge in [-0.2, -0.15) is 11.8 Å². The lowest BCUT2D eigenvalue weighted by Crippen LogP contribution is -2.30. The molecule has 2 rings (SSSR count). The summed E-state index contributed by atoms with van der Waals surface area (Å²) in [6.45, 7) is 4.14. The van der Waals surface area contributed by atoms with E-state index < -0.39 is 5.97 Å². The molecule has 2 heterocycles. The first-order valence-electron chi connectivity index (χ1n) is 10.8. The summed E-state index contributed by atoms with van der Waals surface area (Å²) in [4.78, 5) is 10.5. The van der Waals surface area contributed by atoms with Gasteiger partial charge in [0.1, 0.15) is 0 Å². The van der Waals surface area contributed by atoms with Gasteiger partial charge in [0.05, 0.1) is 6.61 Å². The van der Waals surface area contributed by atoms with Gasteiger partial charge in [-0.05, 0) is 50.4 Å². The third kappa shape index (κ3) is 7.64. The third-order valence-electron chi connectivity index (χ3n) is 5.88. The molecule has 0 aromatic rings. The predicted molar refractivity (Wildman–Crippen MR) is 111 cm³/mol. The van der Waals surface area contributed by atoms with Gasteiger partial charge in [-0.15, -0.1) is 0 Å². The third-order valence-corrected chi connectivity index (χ3v) is 7.75. The highest BCUT2D eigenvalue weighted by Crippen LogP contribution is 2.54. The number of allylic oxidation sites excluding steroid dienone is 2. The molecule has 4 atom stereocenters. The molecule has 26 heavy (non-hydrogen) atoms. The van der Waals surface area contributed by atoms with Crippen molar-refractivity contribution in [3.05, 3.63) is 12.2 Å². The van der Waals surface area contributed by atoms with Crippen LogP contribution in [-0.4, -0.2) is 34.8 Å². The molecular formula is C22H38O3S. The summed E-state index contributed by atoms with van der Waals surface area (Å²) in [5, 5.41) is 10.3. The number of ether oxygens (including phenoxy) is 1. The van der Waals surface area contributed by atoms with Crippen LogP contribution in [0.3, 0.4) is 0 Å². The Labute approximate surface area is 164 Å². The van der Waals surface area contributed by atoms with E-state index >= 15 is 0 Å². The van der Waals surface area contributed by atoms with E-state index in [-0.39, 0.29) is 6.42 Å². The van der Waals surface area contributed by atoms with Crippen molar-refractivity contribution >= 4 is 17.7 Å². The topological polar surface area (TPSA) is 46.5 Å². The molecule has 1 unspecified atom stereocenters. The van der Waals surface area contributed by atoms with Crippen LogP contribution < -0.4 is 0 Å². The zero-order chi connectivity index (χ0) is 18.6. The van der Waals surface area contributed by atoms with Gasteiger partial charge in [-0.1, -0.05) is 51.2 Å². The number of carboxylic acids is 1. The molecule has 0 radical (unpaired) electrons. The Kier molecular flexibility index (Phi) is 10.8. The molecule has 2 aliphatic heterocycles. The molecule has 0 amide bonds. The van der Waals surface area contributed by atoms with E-state index in [1.54, 1.807) is 0 Å². The van der Waals surface area contributed by atoms with Gasteiger partial charge in [0.25, 0.3) is 0 Å². The van der Waals surface area contributed by atoms with Crippen molar-refractivity contribution in [1.82, 2.24) is 0 Å². The van der Waals surface area contributed by atoms with Crippen LogP contribution in [0.2, 0.25) is 0 Å². The number of unbranched alkanes of at least 4 members (excludes halogenated alkanes) is 6. The Morgan fingerprint density at radius 2 is 1.77 bits per heavy atom. The second-order valence-electron chi connectivity index (χ2n) is 7.95. The van der Waals surface area contributed by atoms with Gasteiger partial charge in [0.2, 0.25) is 0 Å². The highest BCUT2D eigenvalue weighted by Gasteiger charge is 2.47. The van der Waals surface area contributed by atoms with Crippen LogP contribution in [0.1, 0.15) is 84.0 Å². The average molecular weight is 383 g/mol. The van der Waals surface area contributed by atoms with Gasteiger partial charge in [0.15, 0.2) is 0 Å². The van der Waals surface area contributed by atoms with E-state index in [4.69, 9.17) is 9.84 Å². The van der Waals surface area contributed by atoms with E-state index in [1.807, 2.05) is 0 Å². The van der Waals surface area contributed by atoms with Gasteiger partial charge in [-0.25, -0.2) is 0 Å². The number of aliphatic carboxylic acids is 1. The number of carboxylic acid groups (broad SMARTS) is 1. The maximum Gasteiger partial charge on any atom is 0.303 e. The second kappa shape index (κ2) is 12.8. The highest BCUT2D eigenvalue weighted by molar-refractivity contribution is 8.01. The Bertz CT molecular complexity index is 424. The summed E-state index contributed by atoms with van der Waals surface area (Å²) in [7, 11) is 0. The number of rotatable bonds is 15. The van der Waals surface area contributed by atoms with E-state index in [2.05, 4.69) is 30.8 Å². The van der Waals surface area contributed by atoms with Crippen LogP contribution in [-0.2, 0) is 9.53 Å². The minimum Gasteiger partial charge on any atom is -0.481 e. The van der Waals surface area contributed by atoms with Crippen molar-refractivity contribution < 1.29 is 14.6 Å². The molecule has 2 saturated heterocycles. The predicted octanol–water partition coefficient (Wildman–Crippen LogP) is 6.07.